The SMILES string of the molecule is O=C(Oc1ccc(Oc2ccccn2)cc1)c1cccc2c1OCCO2. The van der Waals surface area contributed by atoms with Gasteiger partial charge < -0.3 is 18.9 Å². The van der Waals surface area contributed by atoms with Gasteiger partial charge in [0.05, 0.1) is 0 Å². The van der Waals surface area contributed by atoms with Crippen LogP contribution in [0, 0.1) is 0 Å². The Hall–Kier alpha value is -3.54. The van der Waals surface area contributed by atoms with E-state index in [1.165, 1.54) is 0 Å². The largest absolute Gasteiger partial charge is 0.486 e. The lowest BCUT2D eigenvalue weighted by Gasteiger charge is -2.20. The molecule has 0 saturated carbocycles. The molecule has 1 aliphatic rings. The number of para-hydroxylation sites is 1. The zero-order chi connectivity index (χ0) is 17.8. The number of pyridine rings is 1. The lowest BCUT2D eigenvalue weighted by molar-refractivity contribution is 0.0724. The summed E-state index contributed by atoms with van der Waals surface area (Å²) in [6.45, 7) is 0.861. The fourth-order valence-corrected chi connectivity index (χ4v) is 2.50. The Kier molecular flexibility index (Phi) is 4.38. The number of nitrogens with zero attached hydrogens (tertiary/aromatic N) is 1. The molecule has 0 saturated heterocycles. The predicted molar refractivity (Wildman–Crippen MR) is 93.1 cm³/mol. The van der Waals surface area contributed by atoms with Crippen molar-refractivity contribution in [2.24, 2.45) is 0 Å². The number of rotatable bonds is 4. The number of hydrogen-bond donors (Lipinski definition) is 0. The molecule has 0 bridgehead atoms. The minimum absolute atomic E-state index is 0.330. The van der Waals surface area contributed by atoms with Gasteiger partial charge >= 0.3 is 5.97 Å². The van der Waals surface area contributed by atoms with Crippen LogP contribution in [0.3, 0.4) is 0 Å². The van der Waals surface area contributed by atoms with Crippen LogP contribution >= 0.6 is 0 Å². The first-order valence-corrected chi connectivity index (χ1v) is 8.09. The van der Waals surface area contributed by atoms with Crippen molar-refractivity contribution in [2.45, 2.75) is 0 Å². The van der Waals surface area contributed by atoms with Crippen molar-refractivity contribution in [2.75, 3.05) is 13.2 Å². The number of esters is 1. The summed E-state index contributed by atoms with van der Waals surface area (Å²) in [4.78, 5) is 16.6. The third-order valence-electron chi connectivity index (χ3n) is 3.68. The van der Waals surface area contributed by atoms with Gasteiger partial charge in [0, 0.05) is 12.3 Å². The van der Waals surface area contributed by atoms with Gasteiger partial charge in [0.15, 0.2) is 11.5 Å². The molecule has 0 radical (unpaired) electrons. The van der Waals surface area contributed by atoms with Crippen LogP contribution in [-0.4, -0.2) is 24.2 Å². The second kappa shape index (κ2) is 7.14. The van der Waals surface area contributed by atoms with E-state index < -0.39 is 5.97 Å². The molecular weight excluding hydrogens is 334 g/mol. The number of fused-ring (bicyclic) bond motifs is 1. The molecule has 0 aliphatic carbocycles. The molecule has 2 aromatic carbocycles. The number of ether oxygens (including phenoxy) is 4. The van der Waals surface area contributed by atoms with Gasteiger partial charge in [0.1, 0.15) is 30.3 Å². The van der Waals surface area contributed by atoms with Crippen LogP contribution in [0.2, 0.25) is 0 Å². The molecule has 1 aromatic heterocycles. The van der Waals surface area contributed by atoms with Gasteiger partial charge in [-0.05, 0) is 42.5 Å². The van der Waals surface area contributed by atoms with E-state index in [4.69, 9.17) is 18.9 Å². The third kappa shape index (κ3) is 3.44. The molecule has 26 heavy (non-hydrogen) atoms. The molecule has 0 atom stereocenters. The first-order chi connectivity index (χ1) is 12.8. The molecule has 6 nitrogen and oxygen atoms in total. The normalized spacial score (nSPS) is 12.3. The Morgan fingerprint density at radius 1 is 0.885 bits per heavy atom. The van der Waals surface area contributed by atoms with Crippen LogP contribution in [0.5, 0.6) is 28.9 Å². The molecule has 1 aliphatic heterocycles. The summed E-state index contributed by atoms with van der Waals surface area (Å²) < 4.78 is 22.1. The molecule has 0 amide bonds. The molecule has 2 heterocycles. The molecule has 0 fully saturated rings. The lowest BCUT2D eigenvalue weighted by atomic mass is 10.2. The first-order valence-electron chi connectivity index (χ1n) is 8.09. The lowest BCUT2D eigenvalue weighted by Crippen LogP contribution is -2.19. The van der Waals surface area contributed by atoms with Crippen molar-refractivity contribution in [1.29, 1.82) is 0 Å². The van der Waals surface area contributed by atoms with Crippen molar-refractivity contribution in [3.63, 3.8) is 0 Å². The Balaban J connectivity index is 1.47. The van der Waals surface area contributed by atoms with E-state index in [2.05, 4.69) is 4.98 Å². The minimum atomic E-state index is -0.509. The van der Waals surface area contributed by atoms with E-state index in [0.29, 0.717) is 47.7 Å². The standard InChI is InChI=1S/C20H15NO5/c22-20(16-4-3-5-17-19(16)24-13-12-23-17)26-15-9-7-14(8-10-15)25-18-6-1-2-11-21-18/h1-11H,12-13H2. The Morgan fingerprint density at radius 2 is 1.69 bits per heavy atom. The number of hydrogen-bond acceptors (Lipinski definition) is 6. The average molecular weight is 349 g/mol. The van der Waals surface area contributed by atoms with E-state index in [0.717, 1.165) is 0 Å². The summed E-state index contributed by atoms with van der Waals surface area (Å²) in [7, 11) is 0. The summed E-state index contributed by atoms with van der Waals surface area (Å²) in [6.07, 6.45) is 1.65. The fourth-order valence-electron chi connectivity index (χ4n) is 2.50. The van der Waals surface area contributed by atoms with Gasteiger partial charge in [-0.2, -0.15) is 0 Å². The predicted octanol–water partition coefficient (Wildman–Crippen LogP) is 3.86. The summed E-state index contributed by atoms with van der Waals surface area (Å²) in [6, 6.07) is 17.3. The summed E-state index contributed by atoms with van der Waals surface area (Å²) >= 11 is 0. The maximum atomic E-state index is 12.5. The van der Waals surface area contributed by atoms with Crippen LogP contribution in [0.15, 0.2) is 66.9 Å². The van der Waals surface area contributed by atoms with Crippen molar-refractivity contribution >= 4 is 5.97 Å². The molecule has 0 N–H and O–H groups in total. The van der Waals surface area contributed by atoms with Gasteiger partial charge in [-0.3, -0.25) is 0 Å². The quantitative estimate of drug-likeness (QED) is 0.526. The summed E-state index contributed by atoms with van der Waals surface area (Å²) in [5, 5.41) is 0. The molecule has 4 rings (SSSR count). The topological polar surface area (TPSA) is 66.9 Å². The number of carbonyl (C=O) groups is 1. The van der Waals surface area contributed by atoms with Gasteiger partial charge in [0.25, 0.3) is 0 Å². The third-order valence-corrected chi connectivity index (χ3v) is 3.68. The second-order valence-electron chi connectivity index (χ2n) is 5.46. The first kappa shape index (κ1) is 16.0. The van der Waals surface area contributed by atoms with Gasteiger partial charge in [-0.1, -0.05) is 12.1 Å². The highest BCUT2D eigenvalue weighted by Crippen LogP contribution is 2.34. The highest BCUT2D eigenvalue weighted by atomic mass is 16.6. The highest BCUT2D eigenvalue weighted by Gasteiger charge is 2.21. The molecule has 0 spiro atoms. The van der Waals surface area contributed by atoms with E-state index in [9.17, 15) is 4.79 Å². The second-order valence-corrected chi connectivity index (χ2v) is 5.46. The molecule has 6 heteroatoms. The maximum absolute atomic E-state index is 12.5. The van der Waals surface area contributed by atoms with Crippen molar-refractivity contribution in [3.05, 3.63) is 72.4 Å². The van der Waals surface area contributed by atoms with Crippen LogP contribution in [0.1, 0.15) is 10.4 Å². The van der Waals surface area contributed by atoms with Crippen LogP contribution in [-0.2, 0) is 0 Å². The zero-order valence-electron chi connectivity index (χ0n) is 13.8. The van der Waals surface area contributed by atoms with Crippen molar-refractivity contribution in [3.8, 4) is 28.9 Å². The van der Waals surface area contributed by atoms with E-state index >= 15 is 0 Å². The summed E-state index contributed by atoms with van der Waals surface area (Å²) in [5.74, 6) is 1.94. The monoisotopic (exact) mass is 349 g/mol. The number of aromatic nitrogens is 1. The van der Waals surface area contributed by atoms with Crippen LogP contribution in [0.4, 0.5) is 0 Å². The maximum Gasteiger partial charge on any atom is 0.347 e. The number of carbonyl (C=O) groups excluding carboxylic acids is 1. The van der Waals surface area contributed by atoms with Crippen LogP contribution < -0.4 is 18.9 Å². The van der Waals surface area contributed by atoms with Gasteiger partial charge in [-0.15, -0.1) is 0 Å². The summed E-state index contributed by atoms with van der Waals surface area (Å²) in [5.41, 5.74) is 0.330. The van der Waals surface area contributed by atoms with Gasteiger partial charge in [-0.25, -0.2) is 9.78 Å². The van der Waals surface area contributed by atoms with Crippen molar-refractivity contribution in [1.82, 2.24) is 4.98 Å². The zero-order valence-corrected chi connectivity index (χ0v) is 13.8. The molecule has 3 aromatic rings. The molecule has 0 unspecified atom stereocenters. The molecular formula is C20H15NO5. The van der Waals surface area contributed by atoms with Crippen molar-refractivity contribution < 1.29 is 23.7 Å². The smallest absolute Gasteiger partial charge is 0.347 e. The van der Waals surface area contributed by atoms with Gasteiger partial charge in [0.2, 0.25) is 5.88 Å². The number of benzene rings is 2. The van der Waals surface area contributed by atoms with E-state index in [-0.39, 0.29) is 0 Å². The Bertz CT molecular complexity index is 909. The van der Waals surface area contributed by atoms with Crippen LogP contribution in [0.25, 0.3) is 0 Å². The molecule has 130 valence electrons. The minimum Gasteiger partial charge on any atom is -0.486 e. The average Bonchev–Trinajstić information content (AvgIpc) is 2.70. The van der Waals surface area contributed by atoms with E-state index in [1.54, 1.807) is 54.7 Å². The Labute approximate surface area is 149 Å². The Morgan fingerprint density at radius 3 is 2.50 bits per heavy atom. The fraction of sp³-hybridized carbons (Fsp3) is 0.100. The highest BCUT2D eigenvalue weighted by molar-refractivity contribution is 5.95. The van der Waals surface area contributed by atoms with E-state index in [1.807, 2.05) is 12.1 Å².